The molecule has 0 radical (unpaired) electrons. The van der Waals surface area contributed by atoms with Crippen molar-refractivity contribution in [2.24, 2.45) is 23.2 Å². The molecule has 1 aliphatic carbocycles. The summed E-state index contributed by atoms with van der Waals surface area (Å²) in [5.41, 5.74) is 1.37. The number of hydrogen-bond acceptors (Lipinski definition) is 4. The van der Waals surface area contributed by atoms with E-state index in [1.54, 1.807) is 0 Å². The van der Waals surface area contributed by atoms with Crippen LogP contribution in [0.5, 0.6) is 5.75 Å². The fourth-order valence-corrected chi connectivity index (χ4v) is 6.13. The van der Waals surface area contributed by atoms with Gasteiger partial charge in [0, 0.05) is 22.6 Å². The highest BCUT2D eigenvalue weighted by Crippen LogP contribution is 2.63. The lowest BCUT2D eigenvalue weighted by atomic mass is 9.50. The maximum absolute atomic E-state index is 12.4. The maximum atomic E-state index is 12.4. The van der Waals surface area contributed by atoms with Crippen LogP contribution in [0.25, 0.3) is 0 Å². The summed E-state index contributed by atoms with van der Waals surface area (Å²) in [5.74, 6) is 1.75. The standard InChI is InChI=1S/C25H29NO4/c1-16-13-24(3)21-17(2)25(16,15-29-23(27)26-18-9-5-4-6-10-18)14-28-22(21)19-11-7-8-12-20(19)30-24/h4-12,16-17,21-22H,13-15H2,1-3H3,(H,26,27)/t16-,17+,21-,22-,24-,25+/m1/s1. The molecule has 0 aromatic heterocycles. The Kier molecular flexibility index (Phi) is 4.55. The quantitative estimate of drug-likeness (QED) is 0.736. The van der Waals surface area contributed by atoms with E-state index in [1.165, 1.54) is 0 Å². The van der Waals surface area contributed by atoms with Gasteiger partial charge in [-0.2, -0.15) is 0 Å². The van der Waals surface area contributed by atoms with Crippen molar-refractivity contribution >= 4 is 11.8 Å². The zero-order valence-electron chi connectivity index (χ0n) is 17.8. The molecular weight excluding hydrogens is 378 g/mol. The monoisotopic (exact) mass is 407 g/mol. The van der Waals surface area contributed by atoms with Crippen molar-refractivity contribution in [2.45, 2.75) is 38.9 Å². The Labute approximate surface area is 177 Å². The van der Waals surface area contributed by atoms with Gasteiger partial charge < -0.3 is 14.2 Å². The lowest BCUT2D eigenvalue weighted by molar-refractivity contribution is -0.259. The second-order valence-corrected chi connectivity index (χ2v) is 9.40. The summed E-state index contributed by atoms with van der Waals surface area (Å²) in [6.07, 6.45) is 0.518. The molecule has 5 rings (SSSR count). The fraction of sp³-hybridized carbons (Fsp3) is 0.480. The minimum atomic E-state index is -0.421. The molecule has 2 bridgehead atoms. The number of amides is 1. The molecule has 5 nitrogen and oxygen atoms in total. The highest BCUT2D eigenvalue weighted by molar-refractivity contribution is 5.84. The van der Waals surface area contributed by atoms with Crippen LogP contribution >= 0.6 is 0 Å². The number of hydrogen-bond donors (Lipinski definition) is 1. The molecule has 1 saturated carbocycles. The summed E-state index contributed by atoms with van der Waals surface area (Å²) in [4.78, 5) is 12.4. The number of carbonyl (C=O) groups is 1. The number of benzene rings is 2. The average molecular weight is 408 g/mol. The van der Waals surface area contributed by atoms with Gasteiger partial charge in [-0.15, -0.1) is 0 Å². The Morgan fingerprint density at radius 3 is 2.67 bits per heavy atom. The molecule has 0 unspecified atom stereocenters. The van der Waals surface area contributed by atoms with Gasteiger partial charge in [0.15, 0.2) is 0 Å². The van der Waals surface area contributed by atoms with Crippen molar-refractivity contribution in [1.29, 1.82) is 0 Å². The minimum Gasteiger partial charge on any atom is -0.487 e. The number of ether oxygens (including phenoxy) is 3. The van der Waals surface area contributed by atoms with E-state index in [-0.39, 0.29) is 23.0 Å². The van der Waals surface area contributed by atoms with Gasteiger partial charge in [0.1, 0.15) is 18.0 Å². The molecule has 0 spiro atoms. The van der Waals surface area contributed by atoms with E-state index in [0.717, 1.165) is 23.4 Å². The van der Waals surface area contributed by atoms with Crippen molar-refractivity contribution in [3.05, 3.63) is 60.2 Å². The molecule has 2 fully saturated rings. The van der Waals surface area contributed by atoms with Crippen LogP contribution in [0.3, 0.4) is 0 Å². The molecule has 158 valence electrons. The summed E-state index contributed by atoms with van der Waals surface area (Å²) < 4.78 is 18.8. The van der Waals surface area contributed by atoms with Crippen molar-refractivity contribution in [3.63, 3.8) is 0 Å². The summed E-state index contributed by atoms with van der Waals surface area (Å²) >= 11 is 0. The largest absolute Gasteiger partial charge is 0.487 e. The molecule has 5 heteroatoms. The van der Waals surface area contributed by atoms with Crippen molar-refractivity contribution in [3.8, 4) is 5.75 Å². The third-order valence-electron chi connectivity index (χ3n) is 7.76. The molecule has 1 amide bonds. The van der Waals surface area contributed by atoms with E-state index in [1.807, 2.05) is 48.5 Å². The number of rotatable bonds is 3. The molecule has 2 aliphatic heterocycles. The SMILES string of the molecule is C[C@@H]1C[C@@]2(C)Oc3ccccc3[C@H]3OC[C@@]1(COC(=O)Nc1ccccc1)[C@@H](C)[C@H]32. The predicted octanol–water partition coefficient (Wildman–Crippen LogP) is 5.44. The second-order valence-electron chi connectivity index (χ2n) is 9.40. The van der Waals surface area contributed by atoms with Crippen LogP contribution in [0, 0.1) is 23.2 Å². The van der Waals surface area contributed by atoms with Crippen molar-refractivity contribution in [1.82, 2.24) is 0 Å². The normalized spacial score (nSPS) is 36.2. The number of nitrogens with one attached hydrogen (secondary N) is 1. The molecule has 1 N–H and O–H groups in total. The van der Waals surface area contributed by atoms with Gasteiger partial charge in [0.2, 0.25) is 0 Å². The van der Waals surface area contributed by atoms with E-state index < -0.39 is 6.09 Å². The van der Waals surface area contributed by atoms with Crippen LogP contribution in [-0.4, -0.2) is 24.9 Å². The molecule has 1 saturated heterocycles. The zero-order valence-corrected chi connectivity index (χ0v) is 17.8. The molecule has 6 atom stereocenters. The van der Waals surface area contributed by atoms with Crippen LogP contribution in [-0.2, 0) is 9.47 Å². The Morgan fingerprint density at radius 1 is 1.13 bits per heavy atom. The van der Waals surface area contributed by atoms with Crippen LogP contribution in [0.4, 0.5) is 10.5 Å². The first-order valence-electron chi connectivity index (χ1n) is 10.8. The molecule has 2 aromatic rings. The van der Waals surface area contributed by atoms with Gasteiger partial charge in [0.05, 0.1) is 12.7 Å². The summed E-state index contributed by atoms with van der Waals surface area (Å²) in [7, 11) is 0. The Bertz CT molecular complexity index is 947. The Morgan fingerprint density at radius 2 is 1.87 bits per heavy atom. The number of para-hydroxylation sites is 2. The third-order valence-corrected chi connectivity index (χ3v) is 7.76. The first kappa shape index (κ1) is 19.4. The molecule has 2 aromatic carbocycles. The van der Waals surface area contributed by atoms with Crippen LogP contribution < -0.4 is 10.1 Å². The van der Waals surface area contributed by atoms with Gasteiger partial charge in [-0.25, -0.2) is 4.79 Å². The highest BCUT2D eigenvalue weighted by Gasteiger charge is 2.64. The summed E-state index contributed by atoms with van der Waals surface area (Å²) in [5, 5.41) is 2.82. The number of anilines is 1. The van der Waals surface area contributed by atoms with Gasteiger partial charge in [0.25, 0.3) is 0 Å². The predicted molar refractivity (Wildman–Crippen MR) is 114 cm³/mol. The molecule has 30 heavy (non-hydrogen) atoms. The fourth-order valence-electron chi connectivity index (χ4n) is 6.13. The second kappa shape index (κ2) is 7.02. The van der Waals surface area contributed by atoms with E-state index in [0.29, 0.717) is 25.0 Å². The summed E-state index contributed by atoms with van der Waals surface area (Å²) in [6.45, 7) is 7.66. The number of carbonyl (C=O) groups excluding carboxylic acids is 1. The van der Waals surface area contributed by atoms with Crippen LogP contribution in [0.15, 0.2) is 54.6 Å². The van der Waals surface area contributed by atoms with Crippen molar-refractivity contribution in [2.75, 3.05) is 18.5 Å². The first-order chi connectivity index (χ1) is 14.4. The van der Waals surface area contributed by atoms with Crippen molar-refractivity contribution < 1.29 is 19.0 Å². The van der Waals surface area contributed by atoms with Gasteiger partial charge in [-0.3, -0.25) is 5.32 Å². The molecule has 3 aliphatic rings. The third kappa shape index (κ3) is 2.90. The smallest absolute Gasteiger partial charge is 0.411 e. The van der Waals surface area contributed by atoms with Gasteiger partial charge >= 0.3 is 6.09 Å². The first-order valence-corrected chi connectivity index (χ1v) is 10.8. The zero-order chi connectivity index (χ0) is 20.9. The summed E-state index contributed by atoms with van der Waals surface area (Å²) in [6, 6.07) is 17.6. The molecule has 2 heterocycles. The van der Waals surface area contributed by atoms with Gasteiger partial charge in [-0.05, 0) is 43.4 Å². The highest BCUT2D eigenvalue weighted by atomic mass is 16.6. The lowest BCUT2D eigenvalue weighted by Crippen LogP contribution is -2.66. The lowest BCUT2D eigenvalue weighted by Gasteiger charge is -2.63. The van der Waals surface area contributed by atoms with E-state index in [9.17, 15) is 4.79 Å². The maximum Gasteiger partial charge on any atom is 0.411 e. The minimum absolute atomic E-state index is 0.0220. The van der Waals surface area contributed by atoms with E-state index in [2.05, 4.69) is 32.2 Å². The van der Waals surface area contributed by atoms with Gasteiger partial charge in [-0.1, -0.05) is 50.2 Å². The van der Waals surface area contributed by atoms with Crippen LogP contribution in [0.1, 0.15) is 38.9 Å². The van der Waals surface area contributed by atoms with E-state index in [4.69, 9.17) is 14.2 Å². The Balaban J connectivity index is 1.38. The molecular formula is C25H29NO4. The Hall–Kier alpha value is -2.53. The average Bonchev–Trinajstić information content (AvgIpc) is 2.73. The van der Waals surface area contributed by atoms with E-state index >= 15 is 0 Å². The number of fused-ring (bicyclic) bond motifs is 3. The van der Waals surface area contributed by atoms with Crippen LogP contribution in [0.2, 0.25) is 0 Å². The topological polar surface area (TPSA) is 56.8 Å².